The summed E-state index contributed by atoms with van der Waals surface area (Å²) in [6.45, 7) is 7.61. The highest BCUT2D eigenvalue weighted by Gasteiger charge is 2.47. The van der Waals surface area contributed by atoms with Gasteiger partial charge in [0.2, 0.25) is 0 Å². The van der Waals surface area contributed by atoms with Gasteiger partial charge < -0.3 is 4.90 Å². The first-order valence-electron chi connectivity index (χ1n) is 7.59. The third-order valence-electron chi connectivity index (χ3n) is 4.44. The van der Waals surface area contributed by atoms with Crippen molar-refractivity contribution in [3.05, 3.63) is 35.4 Å². The van der Waals surface area contributed by atoms with Crippen LogP contribution in [0.2, 0.25) is 0 Å². The molecule has 3 amide bonds. The maximum absolute atomic E-state index is 12.3. The summed E-state index contributed by atoms with van der Waals surface area (Å²) in [5.41, 5.74) is 2.37. The van der Waals surface area contributed by atoms with Crippen LogP contribution in [0.3, 0.4) is 0 Å². The molecule has 1 atom stereocenters. The number of rotatable bonds is 2. The monoisotopic (exact) mass is 286 g/mol. The molecule has 0 saturated carbocycles. The average Bonchev–Trinajstić information content (AvgIpc) is 2.99. The Morgan fingerprint density at radius 3 is 2.38 bits per heavy atom. The fourth-order valence-electron chi connectivity index (χ4n) is 3.12. The van der Waals surface area contributed by atoms with Crippen LogP contribution in [0, 0.1) is 0 Å². The third kappa shape index (κ3) is 2.43. The number of hydrogen-bond acceptors (Lipinski definition) is 2. The molecule has 0 radical (unpaired) electrons. The quantitative estimate of drug-likeness (QED) is 0.784. The molecule has 0 spiro atoms. The fourth-order valence-corrected chi connectivity index (χ4v) is 3.12. The smallest absolute Gasteiger partial charge is 0.312 e. The Labute approximate surface area is 125 Å². The molecule has 21 heavy (non-hydrogen) atoms. The lowest BCUT2D eigenvalue weighted by molar-refractivity contribution is -0.128. The van der Waals surface area contributed by atoms with E-state index in [4.69, 9.17) is 0 Å². The Bertz CT molecular complexity index is 549. The van der Waals surface area contributed by atoms with E-state index in [0.29, 0.717) is 13.1 Å². The van der Waals surface area contributed by atoms with Crippen molar-refractivity contribution in [3.63, 3.8) is 0 Å². The van der Waals surface area contributed by atoms with E-state index in [2.05, 4.69) is 32.9 Å². The second-order valence-corrected chi connectivity index (χ2v) is 7.01. The van der Waals surface area contributed by atoms with E-state index >= 15 is 0 Å². The van der Waals surface area contributed by atoms with Gasteiger partial charge in [-0.3, -0.25) is 9.69 Å². The number of carbonyl (C=O) groups excluding carboxylic acids is 2. The van der Waals surface area contributed by atoms with Gasteiger partial charge in [0, 0.05) is 6.54 Å². The van der Waals surface area contributed by atoms with E-state index in [-0.39, 0.29) is 23.4 Å². The van der Waals surface area contributed by atoms with Crippen LogP contribution in [0.1, 0.15) is 44.7 Å². The van der Waals surface area contributed by atoms with Crippen LogP contribution in [0.4, 0.5) is 4.79 Å². The van der Waals surface area contributed by atoms with E-state index in [9.17, 15) is 9.59 Å². The van der Waals surface area contributed by atoms with Crippen molar-refractivity contribution in [1.29, 1.82) is 0 Å². The Morgan fingerprint density at radius 1 is 1.14 bits per heavy atom. The molecule has 2 aliphatic rings. The molecule has 0 unspecified atom stereocenters. The van der Waals surface area contributed by atoms with Crippen molar-refractivity contribution < 1.29 is 9.59 Å². The number of nitrogens with zero attached hydrogens (tertiary/aromatic N) is 2. The van der Waals surface area contributed by atoms with Gasteiger partial charge in [-0.25, -0.2) is 4.79 Å². The number of hydrogen-bond donors (Lipinski definition) is 0. The molecule has 1 aromatic rings. The minimum absolute atomic E-state index is 0.0302. The first kappa shape index (κ1) is 14.1. The molecule has 0 aromatic heterocycles. The Morgan fingerprint density at radius 2 is 1.81 bits per heavy atom. The van der Waals surface area contributed by atoms with Gasteiger partial charge in [0.05, 0.1) is 6.54 Å². The normalized spacial score (nSPS) is 22.1. The molecule has 2 fully saturated rings. The summed E-state index contributed by atoms with van der Waals surface area (Å²) in [4.78, 5) is 27.7. The van der Waals surface area contributed by atoms with E-state index < -0.39 is 0 Å². The third-order valence-corrected chi connectivity index (χ3v) is 4.44. The number of amides is 3. The predicted octanol–water partition coefficient (Wildman–Crippen LogP) is 2.91. The van der Waals surface area contributed by atoms with Crippen molar-refractivity contribution in [3.8, 4) is 0 Å². The maximum Gasteiger partial charge on any atom is 0.327 e. The zero-order valence-electron chi connectivity index (χ0n) is 12.9. The fraction of sp³-hybridized carbons (Fsp3) is 0.529. The second kappa shape index (κ2) is 4.86. The van der Waals surface area contributed by atoms with Crippen molar-refractivity contribution in [2.45, 2.75) is 51.6 Å². The van der Waals surface area contributed by atoms with Gasteiger partial charge in [0.1, 0.15) is 6.04 Å². The molecule has 0 N–H and O–H groups in total. The van der Waals surface area contributed by atoms with Crippen LogP contribution in [-0.2, 0) is 16.8 Å². The minimum atomic E-state index is -0.202. The number of carbonyl (C=O) groups is 2. The SMILES string of the molecule is CC(C)(C)c1ccc(CN2C(=O)[C@@H]3CCCN3C2=O)cc1. The summed E-state index contributed by atoms with van der Waals surface area (Å²) in [7, 11) is 0. The Balaban J connectivity index is 1.75. The Kier molecular flexibility index (Phi) is 3.27. The number of imide groups is 1. The van der Waals surface area contributed by atoms with E-state index in [0.717, 1.165) is 18.4 Å². The maximum atomic E-state index is 12.3. The second-order valence-electron chi connectivity index (χ2n) is 7.01. The molecule has 2 aliphatic heterocycles. The highest BCUT2D eigenvalue weighted by atomic mass is 16.2. The molecule has 0 bridgehead atoms. The van der Waals surface area contributed by atoms with Crippen LogP contribution >= 0.6 is 0 Å². The standard InChI is InChI=1S/C17H22N2O2/c1-17(2,3)13-8-6-12(7-9-13)11-19-15(20)14-5-4-10-18(14)16(19)21/h6-9,14H,4-5,10-11H2,1-3H3/t14-/m0/s1. The van der Waals surface area contributed by atoms with Crippen molar-refractivity contribution in [2.75, 3.05) is 6.54 Å². The van der Waals surface area contributed by atoms with E-state index in [1.54, 1.807) is 4.90 Å². The first-order chi connectivity index (χ1) is 9.88. The highest BCUT2D eigenvalue weighted by molar-refractivity contribution is 6.04. The lowest BCUT2D eigenvalue weighted by Gasteiger charge is -2.20. The largest absolute Gasteiger partial charge is 0.327 e. The van der Waals surface area contributed by atoms with Crippen molar-refractivity contribution in [1.82, 2.24) is 9.80 Å². The molecule has 0 aliphatic carbocycles. The lowest BCUT2D eigenvalue weighted by atomic mass is 9.87. The van der Waals surface area contributed by atoms with Gasteiger partial charge >= 0.3 is 6.03 Å². The zero-order chi connectivity index (χ0) is 15.2. The molecule has 1 aromatic carbocycles. The molecule has 2 saturated heterocycles. The van der Waals surface area contributed by atoms with Gasteiger partial charge in [-0.2, -0.15) is 0 Å². The van der Waals surface area contributed by atoms with Crippen molar-refractivity contribution >= 4 is 11.9 Å². The van der Waals surface area contributed by atoms with Gasteiger partial charge in [0.15, 0.2) is 0 Å². The van der Waals surface area contributed by atoms with Crippen LogP contribution < -0.4 is 0 Å². The summed E-state index contributed by atoms with van der Waals surface area (Å²) in [5, 5.41) is 0. The van der Waals surface area contributed by atoms with Gasteiger partial charge in [-0.05, 0) is 29.4 Å². The first-order valence-corrected chi connectivity index (χ1v) is 7.59. The molecule has 4 nitrogen and oxygen atoms in total. The molecule has 112 valence electrons. The van der Waals surface area contributed by atoms with Crippen molar-refractivity contribution in [2.24, 2.45) is 0 Å². The number of fused-ring (bicyclic) bond motifs is 1. The topological polar surface area (TPSA) is 40.6 Å². The summed E-state index contributed by atoms with van der Waals surface area (Å²) in [6, 6.07) is 7.88. The summed E-state index contributed by atoms with van der Waals surface area (Å²) >= 11 is 0. The predicted molar refractivity (Wildman–Crippen MR) is 80.8 cm³/mol. The van der Waals surface area contributed by atoms with Crippen LogP contribution in [0.5, 0.6) is 0 Å². The van der Waals surface area contributed by atoms with Gasteiger partial charge in [-0.1, -0.05) is 45.0 Å². The molecule has 2 heterocycles. The molecular weight excluding hydrogens is 264 g/mol. The van der Waals surface area contributed by atoms with E-state index in [1.165, 1.54) is 10.5 Å². The molecule has 3 rings (SSSR count). The summed E-state index contributed by atoms with van der Waals surface area (Å²) < 4.78 is 0. The lowest BCUT2D eigenvalue weighted by Crippen LogP contribution is -2.32. The van der Waals surface area contributed by atoms with Crippen LogP contribution in [0.25, 0.3) is 0 Å². The average molecular weight is 286 g/mol. The molecule has 4 heteroatoms. The zero-order valence-corrected chi connectivity index (χ0v) is 12.9. The highest BCUT2D eigenvalue weighted by Crippen LogP contribution is 2.29. The number of urea groups is 1. The van der Waals surface area contributed by atoms with Crippen LogP contribution in [0.15, 0.2) is 24.3 Å². The summed E-state index contributed by atoms with van der Waals surface area (Å²) in [5.74, 6) is -0.0302. The van der Waals surface area contributed by atoms with Gasteiger partial charge in [-0.15, -0.1) is 0 Å². The molecular formula is C17H22N2O2. The van der Waals surface area contributed by atoms with Gasteiger partial charge in [0.25, 0.3) is 5.91 Å². The number of benzene rings is 1. The Hall–Kier alpha value is -1.84. The van der Waals surface area contributed by atoms with Crippen LogP contribution in [-0.4, -0.2) is 34.3 Å². The minimum Gasteiger partial charge on any atom is -0.312 e. The summed E-state index contributed by atoms with van der Waals surface area (Å²) in [6.07, 6.45) is 1.75. The van der Waals surface area contributed by atoms with E-state index in [1.807, 2.05) is 12.1 Å².